The Hall–Kier alpha value is -3.67. The van der Waals surface area contributed by atoms with E-state index in [0.717, 1.165) is 69.9 Å². The first kappa shape index (κ1) is 32.9. The topological polar surface area (TPSA) is 123 Å². The Morgan fingerprint density at radius 2 is 1.92 bits per heavy atom. The summed E-state index contributed by atoms with van der Waals surface area (Å²) < 4.78 is 19.8. The molecule has 10 atom stereocenters. The number of para-hydroxylation sites is 1. The Labute approximate surface area is 304 Å². The Morgan fingerprint density at radius 3 is 2.67 bits per heavy atom. The normalized spacial score (nSPS) is 38.6. The molecular formula is C42H51N4O6+. The van der Waals surface area contributed by atoms with Gasteiger partial charge < -0.3 is 38.9 Å². The van der Waals surface area contributed by atoms with Crippen LogP contribution in [0.2, 0.25) is 0 Å². The van der Waals surface area contributed by atoms with E-state index in [2.05, 4.69) is 73.2 Å². The average Bonchev–Trinajstić information content (AvgIpc) is 3.45. The van der Waals surface area contributed by atoms with Crippen molar-refractivity contribution in [2.24, 2.45) is 17.3 Å². The number of allylic oxidation sites excluding steroid dienone is 1. The molecule has 2 aromatic carbocycles. The molecule has 5 saturated heterocycles. The van der Waals surface area contributed by atoms with Crippen LogP contribution in [0.15, 0.2) is 48.0 Å². The molecule has 4 bridgehead atoms. The summed E-state index contributed by atoms with van der Waals surface area (Å²) in [6.07, 6.45) is 5.79. The van der Waals surface area contributed by atoms with E-state index in [1.807, 2.05) is 12.1 Å². The highest BCUT2D eigenvalue weighted by atomic mass is 16.7. The smallest absolute Gasteiger partial charge is 0.316 e. The number of fused-ring (bicyclic) bond motifs is 9. The van der Waals surface area contributed by atoms with E-state index in [1.54, 1.807) is 0 Å². The van der Waals surface area contributed by atoms with Gasteiger partial charge in [-0.05, 0) is 81.0 Å². The minimum absolute atomic E-state index is 0.0856. The number of carbonyl (C=O) groups is 1. The van der Waals surface area contributed by atoms with E-state index in [-0.39, 0.29) is 61.2 Å². The van der Waals surface area contributed by atoms with Crippen molar-refractivity contribution in [2.45, 2.75) is 81.9 Å². The summed E-state index contributed by atoms with van der Waals surface area (Å²) in [4.78, 5) is 24.4. The number of likely N-dealkylation sites (N-methyl/N-ethyl adjacent to an activating group) is 2. The lowest BCUT2D eigenvalue weighted by atomic mass is 9.54. The third-order valence-corrected chi connectivity index (χ3v) is 14.9. The van der Waals surface area contributed by atoms with Crippen molar-refractivity contribution in [2.75, 3.05) is 47.5 Å². The van der Waals surface area contributed by atoms with Gasteiger partial charge in [-0.25, -0.2) is 0 Å². The number of piperidine rings is 2. The molecule has 0 radical (unpaired) electrons. The molecule has 0 saturated carbocycles. The number of nitrogens with one attached hydrogen (secondary N) is 2. The number of aromatic nitrogens is 2. The number of aromatic hydroxyl groups is 1. The fourth-order valence-electron chi connectivity index (χ4n) is 12.4. The Balaban J connectivity index is 1.21. The third-order valence-electron chi connectivity index (χ3n) is 14.9. The van der Waals surface area contributed by atoms with Gasteiger partial charge in [0.2, 0.25) is 0 Å². The van der Waals surface area contributed by atoms with E-state index < -0.39 is 11.0 Å². The summed E-state index contributed by atoms with van der Waals surface area (Å²) in [5.41, 5.74) is 7.73. The molecule has 5 fully saturated rings. The molecular weight excluding hydrogens is 656 g/mol. The first-order valence-corrected chi connectivity index (χ1v) is 19.3. The number of phenolic OH excluding ortho intramolecular Hbond substituents is 1. The fourth-order valence-corrected chi connectivity index (χ4v) is 12.4. The number of methoxy groups -OCH3 is 1. The van der Waals surface area contributed by atoms with E-state index in [4.69, 9.17) is 14.2 Å². The molecule has 4 N–H and O–H groups in total. The highest BCUT2D eigenvalue weighted by molar-refractivity contribution is 5.92. The molecule has 1 spiro atoms. The quantitative estimate of drug-likeness (QED) is 0.0966. The molecule has 10 nitrogen and oxygen atoms in total. The molecule has 52 heavy (non-hydrogen) atoms. The number of benzene rings is 2. The van der Waals surface area contributed by atoms with Crippen LogP contribution >= 0.6 is 0 Å². The van der Waals surface area contributed by atoms with Gasteiger partial charge in [0, 0.05) is 70.4 Å². The summed E-state index contributed by atoms with van der Waals surface area (Å²) in [5.74, 6) is -0.0693. The van der Waals surface area contributed by atoms with Crippen LogP contribution in [0, 0.1) is 17.3 Å². The molecule has 274 valence electrons. The van der Waals surface area contributed by atoms with Crippen LogP contribution in [0.5, 0.6) is 5.75 Å². The molecule has 2 aromatic heterocycles. The second-order valence-corrected chi connectivity index (χ2v) is 17.0. The van der Waals surface area contributed by atoms with Gasteiger partial charge in [-0.15, -0.1) is 0 Å². The third kappa shape index (κ3) is 4.05. The molecule has 10 heteroatoms. The molecule has 1 aliphatic carbocycles. The lowest BCUT2D eigenvalue weighted by Gasteiger charge is -2.62. The van der Waals surface area contributed by atoms with Crippen molar-refractivity contribution in [3.05, 3.63) is 76.1 Å². The summed E-state index contributed by atoms with van der Waals surface area (Å²) in [5, 5.41) is 24.5. The second-order valence-electron chi connectivity index (χ2n) is 17.0. The molecule has 4 aromatic rings. The van der Waals surface area contributed by atoms with Gasteiger partial charge in [-0.2, -0.15) is 0 Å². The number of epoxide rings is 1. The van der Waals surface area contributed by atoms with Crippen molar-refractivity contribution in [3.8, 4) is 5.75 Å². The van der Waals surface area contributed by atoms with Crippen LogP contribution in [0.4, 0.5) is 0 Å². The van der Waals surface area contributed by atoms with Crippen molar-refractivity contribution in [1.29, 1.82) is 0 Å². The van der Waals surface area contributed by atoms with Crippen LogP contribution in [-0.4, -0.2) is 107 Å². The number of rotatable bonds is 4. The van der Waals surface area contributed by atoms with Crippen LogP contribution in [0.1, 0.15) is 73.1 Å². The zero-order valence-electron chi connectivity index (χ0n) is 30.9. The van der Waals surface area contributed by atoms with Crippen molar-refractivity contribution < 1.29 is 33.7 Å². The number of aromatic amines is 2. The lowest BCUT2D eigenvalue weighted by molar-refractivity contribution is -0.942. The zero-order valence-corrected chi connectivity index (χ0v) is 30.9. The maximum atomic E-state index is 14.4. The molecule has 1 unspecified atom stereocenters. The van der Waals surface area contributed by atoms with E-state index in [1.165, 1.54) is 29.5 Å². The Morgan fingerprint density at radius 1 is 1.13 bits per heavy atom. The summed E-state index contributed by atoms with van der Waals surface area (Å²) in [6, 6.07) is 12.5. The first-order chi connectivity index (χ1) is 25.1. The Kier molecular flexibility index (Phi) is 7.08. The molecule has 0 amide bonds. The van der Waals surface area contributed by atoms with Gasteiger partial charge in [-0.1, -0.05) is 24.3 Å². The van der Waals surface area contributed by atoms with Crippen LogP contribution in [0.3, 0.4) is 0 Å². The molecule has 11 rings (SSSR count). The minimum Gasteiger partial charge on any atom is -0.508 e. The standard InChI is InChI=1S/C42H50N4O6/c1-6-23-20-46(4)15-13-26-35-30(44-38(26)31(46)17-24(23)14-16-47)11-12-32(48)36(35)28-18-33-41(40(49)50-5)21-51-39(42(33)22(2)52-42)45(3)34(41)19-27-25-9-7-8-10-29(25)43-37(27)28/h6-12,22,24,28,31,33-34,39,43-44,47H,13-21H2,1-5H3/p+1/b23-6-/t22-,24-,28+,31-,33+,34-,39-,41-,42-,46?/m0/s1. The largest absolute Gasteiger partial charge is 0.508 e. The number of nitrogens with zero attached hydrogens (tertiary/aromatic N) is 2. The predicted molar refractivity (Wildman–Crippen MR) is 197 cm³/mol. The van der Waals surface area contributed by atoms with Crippen molar-refractivity contribution in [3.63, 3.8) is 0 Å². The number of quaternary nitrogens is 1. The molecule has 8 heterocycles. The monoisotopic (exact) mass is 707 g/mol. The van der Waals surface area contributed by atoms with Gasteiger partial charge in [0.25, 0.3) is 0 Å². The van der Waals surface area contributed by atoms with Crippen LogP contribution in [-0.2, 0) is 31.8 Å². The number of H-pyrrole nitrogens is 2. The van der Waals surface area contributed by atoms with Crippen LogP contribution < -0.4 is 0 Å². The number of ether oxygens (including phenoxy) is 3. The summed E-state index contributed by atoms with van der Waals surface area (Å²) in [6.45, 7) is 6.69. The number of hydrogen-bond acceptors (Lipinski definition) is 7. The second kappa shape index (κ2) is 11.2. The summed E-state index contributed by atoms with van der Waals surface area (Å²) in [7, 11) is 5.96. The van der Waals surface area contributed by atoms with Gasteiger partial charge in [0.15, 0.2) is 0 Å². The predicted octanol–water partition coefficient (Wildman–Crippen LogP) is 5.43. The van der Waals surface area contributed by atoms with Gasteiger partial charge in [-0.3, -0.25) is 9.69 Å². The number of aliphatic hydroxyl groups excluding tert-OH is 1. The van der Waals surface area contributed by atoms with Gasteiger partial charge in [0.05, 0.1) is 39.1 Å². The van der Waals surface area contributed by atoms with Crippen LogP contribution in [0.25, 0.3) is 21.8 Å². The number of esters is 1. The molecule has 6 aliphatic heterocycles. The maximum Gasteiger partial charge on any atom is 0.316 e. The zero-order chi connectivity index (χ0) is 35.9. The van der Waals surface area contributed by atoms with Gasteiger partial charge in [0.1, 0.15) is 35.6 Å². The first-order valence-electron chi connectivity index (χ1n) is 19.3. The summed E-state index contributed by atoms with van der Waals surface area (Å²) >= 11 is 0. The SMILES string of the molecule is C/C=C1/C[N+]2(C)CCc3c([nH]c4ccc(O)c([C@H]5C[C@@H]6[C@@]7(C(=O)OC)CO[C@H](N(C)[C@H]7Cc7c5[nH]c5ccccc75)[C@@]65O[C@H]5C)c34)[C@@H]2C[C@@H]1CCO. The Bertz CT molecular complexity index is 2170. The van der Waals surface area contributed by atoms with E-state index in [0.29, 0.717) is 18.8 Å². The van der Waals surface area contributed by atoms with Crippen molar-refractivity contribution >= 4 is 27.8 Å². The molecule has 7 aliphatic rings. The van der Waals surface area contributed by atoms with Crippen molar-refractivity contribution in [1.82, 2.24) is 14.9 Å². The maximum absolute atomic E-state index is 14.4. The number of aliphatic hydroxyl groups is 1. The highest BCUT2D eigenvalue weighted by Gasteiger charge is 2.80. The minimum atomic E-state index is -0.952. The highest BCUT2D eigenvalue weighted by Crippen LogP contribution is 2.67. The lowest BCUT2D eigenvalue weighted by Crippen LogP contribution is -2.77. The number of carbonyl (C=O) groups excluding carboxylic acids is 1. The number of hydrogen-bond donors (Lipinski definition) is 4. The van der Waals surface area contributed by atoms with Gasteiger partial charge >= 0.3 is 5.97 Å². The van der Waals surface area contributed by atoms with E-state index in [9.17, 15) is 15.0 Å². The van der Waals surface area contributed by atoms with E-state index >= 15 is 0 Å². The average molecular weight is 708 g/mol. The fraction of sp³-hybridized carbons (Fsp3) is 0.548. The number of phenols is 1.